The van der Waals surface area contributed by atoms with E-state index in [2.05, 4.69) is 5.32 Å². The summed E-state index contributed by atoms with van der Waals surface area (Å²) in [5.41, 5.74) is 3.87. The molecule has 0 bridgehead atoms. The smallest absolute Gasteiger partial charge is 0.221 e. The number of hydroxylamine groups is 2. The first-order chi connectivity index (χ1) is 16.5. The van der Waals surface area contributed by atoms with Crippen molar-refractivity contribution in [2.45, 2.75) is 25.6 Å². The van der Waals surface area contributed by atoms with E-state index in [-0.39, 0.29) is 17.7 Å². The van der Waals surface area contributed by atoms with Gasteiger partial charge < -0.3 is 14.8 Å². The van der Waals surface area contributed by atoms with E-state index in [0.717, 1.165) is 28.2 Å². The Hall–Kier alpha value is -3.68. The van der Waals surface area contributed by atoms with Crippen LogP contribution in [0, 0.1) is 5.92 Å². The third-order valence-electron chi connectivity index (χ3n) is 6.44. The molecule has 5 rings (SSSR count). The lowest BCUT2D eigenvalue weighted by molar-refractivity contribution is -0.172. The van der Waals surface area contributed by atoms with E-state index < -0.39 is 12.0 Å². The quantitative estimate of drug-likeness (QED) is 0.577. The van der Waals surface area contributed by atoms with Gasteiger partial charge in [0, 0.05) is 19.0 Å². The second kappa shape index (κ2) is 8.93. The van der Waals surface area contributed by atoms with Gasteiger partial charge in [0.15, 0.2) is 5.78 Å². The average molecular weight is 459 g/mol. The number of carbonyl (C=O) groups is 2. The molecule has 1 aliphatic carbocycles. The lowest BCUT2D eigenvalue weighted by Crippen LogP contribution is -2.27. The minimum Gasteiger partial charge on any atom is -0.497 e. The fourth-order valence-corrected chi connectivity index (χ4v) is 4.92. The van der Waals surface area contributed by atoms with Gasteiger partial charge >= 0.3 is 0 Å². The highest BCUT2D eigenvalue weighted by molar-refractivity contribution is 6.10. The molecule has 7 nitrogen and oxygen atoms in total. The normalized spacial score (nSPS) is 21.1. The highest BCUT2D eigenvalue weighted by atomic mass is 16.7. The topological polar surface area (TPSA) is 77.1 Å². The first-order valence-electron chi connectivity index (χ1n) is 11.1. The van der Waals surface area contributed by atoms with Crippen molar-refractivity contribution in [3.8, 4) is 11.5 Å². The van der Waals surface area contributed by atoms with Gasteiger partial charge in [0.1, 0.15) is 17.6 Å². The van der Waals surface area contributed by atoms with Gasteiger partial charge in [-0.3, -0.25) is 14.4 Å². The molecule has 0 saturated carbocycles. The van der Waals surface area contributed by atoms with Crippen molar-refractivity contribution in [2.75, 3.05) is 19.5 Å². The molecule has 0 unspecified atom stereocenters. The number of amides is 1. The minimum absolute atomic E-state index is 0.0256. The number of rotatable bonds is 6. The molecular weight excluding hydrogens is 432 g/mol. The molecule has 174 valence electrons. The van der Waals surface area contributed by atoms with E-state index in [1.165, 1.54) is 6.92 Å². The van der Waals surface area contributed by atoms with E-state index in [1.54, 1.807) is 20.3 Å². The van der Waals surface area contributed by atoms with Crippen LogP contribution in [0.15, 0.2) is 66.7 Å². The summed E-state index contributed by atoms with van der Waals surface area (Å²) in [7, 11) is 3.26. The second-order valence-electron chi connectivity index (χ2n) is 8.51. The Labute approximate surface area is 198 Å². The first kappa shape index (κ1) is 22.1. The van der Waals surface area contributed by atoms with Gasteiger partial charge in [0.05, 0.1) is 31.9 Å². The number of Topliss-reactive ketones (excluding diaryl/α,β-unsaturated/α-hetero) is 1. The van der Waals surface area contributed by atoms with Crippen LogP contribution in [0.5, 0.6) is 11.5 Å². The van der Waals surface area contributed by atoms with E-state index >= 15 is 0 Å². The van der Waals surface area contributed by atoms with Crippen LogP contribution in [0.4, 0.5) is 5.69 Å². The van der Waals surface area contributed by atoms with E-state index in [4.69, 9.17) is 14.3 Å². The van der Waals surface area contributed by atoms with Crippen molar-refractivity contribution >= 4 is 17.4 Å². The third kappa shape index (κ3) is 3.83. The molecule has 3 aromatic carbocycles. The van der Waals surface area contributed by atoms with Gasteiger partial charge in [-0.05, 0) is 47.0 Å². The maximum absolute atomic E-state index is 13.8. The highest BCUT2D eigenvalue weighted by Crippen LogP contribution is 2.55. The van der Waals surface area contributed by atoms with Crippen molar-refractivity contribution in [3.63, 3.8) is 0 Å². The molecule has 1 amide bonds. The molecule has 1 N–H and O–H groups in total. The molecule has 2 aliphatic rings. The fourth-order valence-electron chi connectivity index (χ4n) is 4.92. The number of nitrogens with zero attached hydrogens (tertiary/aromatic N) is 1. The van der Waals surface area contributed by atoms with Crippen LogP contribution < -0.4 is 14.8 Å². The second-order valence-corrected chi connectivity index (χ2v) is 8.51. The van der Waals surface area contributed by atoms with Gasteiger partial charge in [0.25, 0.3) is 0 Å². The Morgan fingerprint density at radius 1 is 0.971 bits per heavy atom. The third-order valence-corrected chi connectivity index (χ3v) is 6.44. The summed E-state index contributed by atoms with van der Waals surface area (Å²) in [5.74, 6) is 0.852. The van der Waals surface area contributed by atoms with Gasteiger partial charge in [0.2, 0.25) is 5.91 Å². The largest absolute Gasteiger partial charge is 0.497 e. The molecule has 3 atom stereocenters. The molecule has 1 heterocycles. The van der Waals surface area contributed by atoms with Gasteiger partial charge in [-0.1, -0.05) is 36.4 Å². The van der Waals surface area contributed by atoms with Crippen molar-refractivity contribution in [3.05, 3.63) is 89.0 Å². The monoisotopic (exact) mass is 458 g/mol. The zero-order valence-corrected chi connectivity index (χ0v) is 19.3. The van der Waals surface area contributed by atoms with Gasteiger partial charge in [-0.2, -0.15) is 5.06 Å². The van der Waals surface area contributed by atoms with Crippen molar-refractivity contribution in [1.29, 1.82) is 0 Å². The molecule has 0 radical (unpaired) electrons. The van der Waals surface area contributed by atoms with Crippen LogP contribution in [0.3, 0.4) is 0 Å². The number of hydrogen-bond donors (Lipinski definition) is 1. The molecule has 3 aromatic rings. The number of benzene rings is 3. The summed E-state index contributed by atoms with van der Waals surface area (Å²) in [6.45, 7) is 1.94. The van der Waals surface area contributed by atoms with Gasteiger partial charge in [-0.25, -0.2) is 0 Å². The predicted octanol–water partition coefficient (Wildman–Crippen LogP) is 4.70. The predicted molar refractivity (Wildman–Crippen MR) is 127 cm³/mol. The summed E-state index contributed by atoms with van der Waals surface area (Å²) >= 11 is 0. The van der Waals surface area contributed by atoms with Crippen LogP contribution in [0.2, 0.25) is 0 Å². The number of ketones is 1. The number of anilines is 1. The number of hydrogen-bond acceptors (Lipinski definition) is 6. The molecule has 0 aromatic heterocycles. The van der Waals surface area contributed by atoms with Crippen LogP contribution in [-0.4, -0.2) is 31.0 Å². The molecule has 1 saturated heterocycles. The summed E-state index contributed by atoms with van der Waals surface area (Å²) in [4.78, 5) is 32.0. The lowest BCUT2D eigenvalue weighted by Gasteiger charge is -2.26. The fraction of sp³-hybridized carbons (Fsp3) is 0.259. The Balaban J connectivity index is 1.54. The maximum atomic E-state index is 13.8. The molecule has 1 fully saturated rings. The minimum atomic E-state index is -0.434. The summed E-state index contributed by atoms with van der Waals surface area (Å²) < 4.78 is 10.6. The van der Waals surface area contributed by atoms with E-state index in [1.807, 2.05) is 65.7 Å². The first-order valence-corrected chi connectivity index (χ1v) is 11.1. The van der Waals surface area contributed by atoms with Crippen LogP contribution >= 0.6 is 0 Å². The van der Waals surface area contributed by atoms with Crippen LogP contribution in [0.1, 0.15) is 46.1 Å². The number of methoxy groups -OCH3 is 2. The van der Waals surface area contributed by atoms with Crippen LogP contribution in [0.25, 0.3) is 0 Å². The SMILES string of the molecule is COc1ccc(CN2O[C@@H]3c4cccc(NC(C)=O)c4C(=O)[C@@H]3[C@@H]2c2ccc(OC)cc2)cc1. The maximum Gasteiger partial charge on any atom is 0.221 e. The number of ether oxygens (including phenoxy) is 2. The number of fused-ring (bicyclic) bond motifs is 3. The van der Waals surface area contributed by atoms with E-state index in [0.29, 0.717) is 17.8 Å². The van der Waals surface area contributed by atoms with Crippen molar-refractivity contribution < 1.29 is 23.9 Å². The molecular formula is C27H26N2O5. The van der Waals surface area contributed by atoms with Crippen LogP contribution in [-0.2, 0) is 16.2 Å². The van der Waals surface area contributed by atoms with Crippen molar-refractivity contribution in [1.82, 2.24) is 5.06 Å². The van der Waals surface area contributed by atoms with Crippen molar-refractivity contribution in [2.24, 2.45) is 5.92 Å². The lowest BCUT2D eigenvalue weighted by atomic mass is 9.89. The average Bonchev–Trinajstić information content (AvgIpc) is 3.35. The Kier molecular flexibility index (Phi) is 5.81. The Morgan fingerprint density at radius 2 is 1.62 bits per heavy atom. The molecule has 0 spiro atoms. The standard InChI is InChI=1S/C27H26N2O5/c1-16(30)28-22-6-4-5-21-23(22)26(31)24-25(18-9-13-20(33-3)14-10-18)29(34-27(21)24)15-17-7-11-19(32-2)12-8-17/h4-14,24-25,27H,15H2,1-3H3,(H,28,30)/t24-,25-,27+/m0/s1. The molecule has 7 heteroatoms. The van der Waals surface area contributed by atoms with E-state index in [9.17, 15) is 9.59 Å². The molecule has 1 aliphatic heterocycles. The number of carbonyl (C=O) groups excluding carboxylic acids is 2. The zero-order valence-electron chi connectivity index (χ0n) is 19.3. The zero-order chi connectivity index (χ0) is 23.8. The summed E-state index contributed by atoms with van der Waals surface area (Å²) in [6.07, 6.45) is -0.429. The Bertz CT molecular complexity index is 1220. The summed E-state index contributed by atoms with van der Waals surface area (Å²) in [5, 5.41) is 4.69. The number of nitrogens with one attached hydrogen (secondary N) is 1. The summed E-state index contributed by atoms with van der Waals surface area (Å²) in [6, 6.07) is 20.7. The van der Waals surface area contributed by atoms with Gasteiger partial charge in [-0.15, -0.1) is 0 Å². The highest BCUT2D eigenvalue weighted by Gasteiger charge is 2.54. The Morgan fingerprint density at radius 3 is 2.24 bits per heavy atom. The molecule has 34 heavy (non-hydrogen) atoms.